The lowest BCUT2D eigenvalue weighted by Gasteiger charge is -2.40. The Bertz CT molecular complexity index is 1170. The molecular weight excluding hydrogens is 450 g/mol. The maximum Gasteiger partial charge on any atom is 0.163 e. The van der Waals surface area contributed by atoms with Gasteiger partial charge in [-0.2, -0.15) is 0 Å². The fourth-order valence-corrected chi connectivity index (χ4v) is 5.43. The molecule has 0 spiro atoms. The summed E-state index contributed by atoms with van der Waals surface area (Å²) in [5, 5.41) is 0.752. The van der Waals surface area contributed by atoms with Crippen LogP contribution in [0.2, 0.25) is 5.02 Å². The molecule has 3 aromatic rings. The Morgan fingerprint density at radius 1 is 0.941 bits per heavy atom. The fraction of sp³-hybridized carbons (Fsp3) is 0.333. The molecular formula is C27H28ClN3O3. The van der Waals surface area contributed by atoms with Gasteiger partial charge in [-0.1, -0.05) is 35.9 Å². The highest BCUT2D eigenvalue weighted by Crippen LogP contribution is 2.49. The van der Waals surface area contributed by atoms with Gasteiger partial charge in [-0.25, -0.2) is 10.9 Å². The van der Waals surface area contributed by atoms with Gasteiger partial charge in [-0.15, -0.1) is 0 Å². The molecule has 0 amide bonds. The van der Waals surface area contributed by atoms with Crippen LogP contribution in [-0.4, -0.2) is 26.4 Å². The van der Waals surface area contributed by atoms with Crippen LogP contribution in [0.3, 0.4) is 0 Å². The topological polar surface area (TPSA) is 55.0 Å². The largest absolute Gasteiger partial charge is 0.494 e. The van der Waals surface area contributed by atoms with E-state index in [2.05, 4.69) is 64.3 Å². The highest BCUT2D eigenvalue weighted by Gasteiger charge is 2.44. The molecule has 3 aliphatic rings. The maximum absolute atomic E-state index is 6.14. The number of hydrogen-bond acceptors (Lipinski definition) is 6. The van der Waals surface area contributed by atoms with Gasteiger partial charge in [-0.05, 0) is 53.9 Å². The molecule has 0 aliphatic carbocycles. The van der Waals surface area contributed by atoms with E-state index in [1.807, 2.05) is 19.1 Å². The van der Waals surface area contributed by atoms with Gasteiger partial charge in [0.2, 0.25) is 0 Å². The average Bonchev–Trinajstić information content (AvgIpc) is 3.29. The normalized spacial score (nSPS) is 22.8. The molecule has 1 fully saturated rings. The van der Waals surface area contributed by atoms with Crippen LogP contribution in [0.25, 0.3) is 0 Å². The van der Waals surface area contributed by atoms with Gasteiger partial charge in [0.25, 0.3) is 0 Å². The summed E-state index contributed by atoms with van der Waals surface area (Å²) < 4.78 is 17.5. The molecule has 0 bridgehead atoms. The third-order valence-electron chi connectivity index (χ3n) is 6.89. The second-order valence-corrected chi connectivity index (χ2v) is 9.41. The summed E-state index contributed by atoms with van der Waals surface area (Å²) in [5.74, 6) is 2.87. The Balaban J connectivity index is 1.36. The first-order valence-corrected chi connectivity index (χ1v) is 12.2. The van der Waals surface area contributed by atoms with E-state index in [1.165, 1.54) is 22.4 Å². The maximum atomic E-state index is 6.14. The minimum atomic E-state index is 0.170. The number of rotatable bonds is 5. The van der Waals surface area contributed by atoms with Crippen molar-refractivity contribution < 1.29 is 14.2 Å². The summed E-state index contributed by atoms with van der Waals surface area (Å²) in [4.78, 5) is 2.45. The molecule has 6 rings (SSSR count). The quantitative estimate of drug-likeness (QED) is 0.537. The van der Waals surface area contributed by atoms with Crippen molar-refractivity contribution in [2.45, 2.75) is 25.6 Å². The first kappa shape index (κ1) is 21.6. The van der Waals surface area contributed by atoms with Crippen LogP contribution in [0.5, 0.6) is 17.2 Å². The van der Waals surface area contributed by atoms with Crippen LogP contribution in [0.15, 0.2) is 60.7 Å². The number of ether oxygens (including phenoxy) is 3. The summed E-state index contributed by atoms with van der Waals surface area (Å²) >= 11 is 6.14. The van der Waals surface area contributed by atoms with Gasteiger partial charge in [0.05, 0.1) is 18.7 Å². The Morgan fingerprint density at radius 3 is 2.38 bits per heavy atom. The van der Waals surface area contributed by atoms with Crippen LogP contribution in [0, 0.1) is 5.92 Å². The number of benzene rings is 3. The third kappa shape index (κ3) is 3.96. The van der Waals surface area contributed by atoms with E-state index >= 15 is 0 Å². The Morgan fingerprint density at radius 2 is 1.65 bits per heavy atom. The fourth-order valence-electron chi connectivity index (χ4n) is 5.30. The van der Waals surface area contributed by atoms with E-state index < -0.39 is 0 Å². The number of nitrogens with one attached hydrogen (secondary N) is 2. The Hall–Kier alpha value is -2.93. The van der Waals surface area contributed by atoms with Gasteiger partial charge in [0, 0.05) is 35.8 Å². The number of anilines is 1. The van der Waals surface area contributed by atoms with E-state index in [-0.39, 0.29) is 12.1 Å². The van der Waals surface area contributed by atoms with E-state index in [4.69, 9.17) is 25.8 Å². The minimum Gasteiger partial charge on any atom is -0.494 e. The third-order valence-corrected chi connectivity index (χ3v) is 7.14. The number of hydrogen-bond donors (Lipinski definition) is 2. The SMILES string of the molecule is CCOc1ccc(C2NNC3c4cc5c(cc4N(Cc4ccc(Cl)cc4)CC23)OCCO5)cc1. The zero-order chi connectivity index (χ0) is 23.1. The van der Waals surface area contributed by atoms with Crippen molar-refractivity contribution >= 4 is 17.3 Å². The highest BCUT2D eigenvalue weighted by molar-refractivity contribution is 6.30. The molecule has 34 heavy (non-hydrogen) atoms. The van der Waals surface area contributed by atoms with Crippen molar-refractivity contribution in [1.82, 2.24) is 10.9 Å². The van der Waals surface area contributed by atoms with E-state index in [0.717, 1.165) is 35.4 Å². The van der Waals surface area contributed by atoms with Crippen molar-refractivity contribution in [3.8, 4) is 17.2 Å². The summed E-state index contributed by atoms with van der Waals surface area (Å²) in [6, 6.07) is 21.2. The lowest BCUT2D eigenvalue weighted by molar-refractivity contribution is 0.171. The van der Waals surface area contributed by atoms with Crippen LogP contribution in [-0.2, 0) is 6.54 Å². The lowest BCUT2D eigenvalue weighted by atomic mass is 9.81. The first-order chi connectivity index (χ1) is 16.7. The second kappa shape index (κ2) is 9.02. The van der Waals surface area contributed by atoms with Crippen LogP contribution >= 0.6 is 11.6 Å². The molecule has 176 valence electrons. The molecule has 0 radical (unpaired) electrons. The van der Waals surface area contributed by atoms with Crippen LogP contribution in [0.4, 0.5) is 5.69 Å². The second-order valence-electron chi connectivity index (χ2n) is 8.97. The molecule has 3 aromatic carbocycles. The minimum absolute atomic E-state index is 0.170. The Kier molecular flexibility index (Phi) is 5.73. The van der Waals surface area contributed by atoms with E-state index in [0.29, 0.717) is 25.7 Å². The first-order valence-electron chi connectivity index (χ1n) is 11.9. The molecule has 6 nitrogen and oxygen atoms in total. The molecule has 3 atom stereocenters. The van der Waals surface area contributed by atoms with Crippen LogP contribution in [0.1, 0.15) is 35.7 Å². The van der Waals surface area contributed by atoms with Gasteiger partial charge in [0.15, 0.2) is 11.5 Å². The smallest absolute Gasteiger partial charge is 0.163 e. The van der Waals surface area contributed by atoms with Crippen molar-refractivity contribution in [3.63, 3.8) is 0 Å². The van der Waals surface area contributed by atoms with E-state index in [9.17, 15) is 0 Å². The molecule has 3 aliphatic heterocycles. The summed E-state index contributed by atoms with van der Waals surface area (Å²) in [7, 11) is 0. The number of halogens is 1. The average molecular weight is 478 g/mol. The molecule has 1 saturated heterocycles. The number of hydrazine groups is 1. The molecule has 0 saturated carbocycles. The predicted molar refractivity (Wildman–Crippen MR) is 133 cm³/mol. The molecule has 7 heteroatoms. The highest BCUT2D eigenvalue weighted by atomic mass is 35.5. The zero-order valence-electron chi connectivity index (χ0n) is 19.1. The standard InChI is InChI=1S/C27H28ClN3O3/c1-2-32-20-9-5-18(6-10-20)26-22-16-31(15-17-3-7-19(28)8-4-17)23-14-25-24(33-11-12-34-25)13-21(23)27(22)30-29-26/h3-10,13-14,22,26-27,29-30H,2,11-12,15-16H2,1H3. The van der Waals surface area contributed by atoms with Gasteiger partial charge >= 0.3 is 0 Å². The zero-order valence-corrected chi connectivity index (χ0v) is 19.8. The van der Waals surface area contributed by atoms with Crippen molar-refractivity contribution in [2.75, 3.05) is 31.3 Å². The Labute approximate surface area is 204 Å². The van der Waals surface area contributed by atoms with Gasteiger partial charge in [-0.3, -0.25) is 0 Å². The molecule has 3 unspecified atom stereocenters. The van der Waals surface area contributed by atoms with Gasteiger partial charge < -0.3 is 19.1 Å². The van der Waals surface area contributed by atoms with Crippen molar-refractivity contribution in [3.05, 3.63) is 82.4 Å². The van der Waals surface area contributed by atoms with Gasteiger partial charge in [0.1, 0.15) is 19.0 Å². The number of nitrogens with zero attached hydrogens (tertiary/aromatic N) is 1. The lowest BCUT2D eigenvalue weighted by Crippen LogP contribution is -2.39. The molecule has 0 aromatic heterocycles. The summed E-state index contributed by atoms with van der Waals surface area (Å²) in [6.07, 6.45) is 0. The molecule has 2 N–H and O–H groups in total. The van der Waals surface area contributed by atoms with Crippen LogP contribution < -0.4 is 30.0 Å². The summed E-state index contributed by atoms with van der Waals surface area (Å²) in [6.45, 7) is 5.52. The molecule has 3 heterocycles. The van der Waals surface area contributed by atoms with E-state index in [1.54, 1.807) is 0 Å². The summed E-state index contributed by atoms with van der Waals surface area (Å²) in [5.41, 5.74) is 12.0. The predicted octanol–water partition coefficient (Wildman–Crippen LogP) is 5.04. The van der Waals surface area contributed by atoms with Crippen molar-refractivity contribution in [1.29, 1.82) is 0 Å². The number of fused-ring (bicyclic) bond motifs is 4. The monoisotopic (exact) mass is 477 g/mol. The van der Waals surface area contributed by atoms with Crippen molar-refractivity contribution in [2.24, 2.45) is 5.92 Å².